The van der Waals surface area contributed by atoms with Gasteiger partial charge in [0, 0.05) is 16.0 Å². The molecule has 4 amide bonds. The van der Waals surface area contributed by atoms with Gasteiger partial charge in [0.1, 0.15) is 5.69 Å². The molecule has 16 heteroatoms. The number of allylic oxidation sites excluding steroid dienone is 2. The van der Waals surface area contributed by atoms with E-state index in [0.717, 1.165) is 0 Å². The smallest absolute Gasteiger partial charge is 0.258 e. The standard InChI is InChI=1S/C27H16BrCl2F5N2O6/c1-43-12-5-7(28)4-10(21(12)38)14-8-2-3-9-13(23(40)36-22(9)39)11(8)6-26(29)24(41)37(25(42)27(14,26)30)20-18(34)16(32)15(31)17(33)19(20)35/h2,4-5,9,11,13-14,38H,3,6H2,1H3,(H,36,39,40). The number of hydrogen-bond acceptors (Lipinski definition) is 6. The van der Waals surface area contributed by atoms with Gasteiger partial charge in [-0.05, 0) is 30.9 Å². The number of phenolic OH excluding ortho intramolecular Hbond substituents is 1. The van der Waals surface area contributed by atoms with Gasteiger partial charge < -0.3 is 9.84 Å². The predicted octanol–water partition coefficient (Wildman–Crippen LogP) is 4.71. The highest BCUT2D eigenvalue weighted by molar-refractivity contribution is 9.10. The van der Waals surface area contributed by atoms with E-state index >= 15 is 8.78 Å². The summed E-state index contributed by atoms with van der Waals surface area (Å²) >= 11 is 17.2. The number of halogens is 8. The topological polar surface area (TPSA) is 113 Å². The maximum absolute atomic E-state index is 15.0. The minimum atomic E-state index is -2.76. The second-order valence-corrected chi connectivity index (χ2v) is 12.7. The Morgan fingerprint density at radius 2 is 1.56 bits per heavy atom. The van der Waals surface area contributed by atoms with Crippen molar-refractivity contribution in [2.45, 2.75) is 28.5 Å². The number of carbonyl (C=O) groups excluding carboxylic acids is 4. The first-order valence-corrected chi connectivity index (χ1v) is 14.1. The quantitative estimate of drug-likeness (QED) is 0.119. The third-order valence-electron chi connectivity index (χ3n) is 8.66. The Morgan fingerprint density at radius 3 is 2.16 bits per heavy atom. The number of amides is 4. The molecule has 8 nitrogen and oxygen atoms in total. The lowest BCUT2D eigenvalue weighted by Crippen LogP contribution is -2.60. The molecule has 2 aromatic carbocycles. The van der Waals surface area contributed by atoms with E-state index in [1.54, 1.807) is 0 Å². The highest BCUT2D eigenvalue weighted by Gasteiger charge is 2.77. The maximum Gasteiger partial charge on any atom is 0.258 e. The van der Waals surface area contributed by atoms with Crippen molar-refractivity contribution in [1.82, 2.24) is 5.32 Å². The highest BCUT2D eigenvalue weighted by Crippen LogP contribution is 2.66. The fourth-order valence-corrected chi connectivity index (χ4v) is 8.17. The SMILES string of the molecule is COc1cc(Br)cc(C2C3=CCC4C(=O)NC(=O)C4C3CC3(Cl)C(=O)N(c4c(F)c(F)c(F)c(F)c4F)C(=O)C23Cl)c1O. The minimum Gasteiger partial charge on any atom is -0.504 e. The first-order valence-electron chi connectivity index (χ1n) is 12.5. The molecule has 4 aliphatic rings. The van der Waals surface area contributed by atoms with Crippen LogP contribution in [-0.2, 0) is 19.2 Å². The number of nitrogens with zero attached hydrogens (tertiary/aromatic N) is 1. The van der Waals surface area contributed by atoms with Gasteiger partial charge in [-0.1, -0.05) is 27.6 Å². The summed E-state index contributed by atoms with van der Waals surface area (Å²) in [4.78, 5) is 47.9. The van der Waals surface area contributed by atoms with Gasteiger partial charge in [0.05, 0.1) is 18.9 Å². The zero-order valence-corrected chi connectivity index (χ0v) is 24.5. The van der Waals surface area contributed by atoms with Crippen molar-refractivity contribution in [2.24, 2.45) is 17.8 Å². The Morgan fingerprint density at radius 1 is 0.953 bits per heavy atom. The Hall–Kier alpha value is -3.23. The average molecular weight is 710 g/mol. The van der Waals surface area contributed by atoms with Gasteiger partial charge >= 0.3 is 0 Å². The monoisotopic (exact) mass is 708 g/mol. The molecule has 2 aliphatic carbocycles. The average Bonchev–Trinajstić information content (AvgIpc) is 3.34. The van der Waals surface area contributed by atoms with E-state index < -0.39 is 104 Å². The molecule has 2 N–H and O–H groups in total. The summed E-state index contributed by atoms with van der Waals surface area (Å²) < 4.78 is 77.9. The molecule has 3 fully saturated rings. The van der Waals surface area contributed by atoms with Crippen molar-refractivity contribution in [3.8, 4) is 11.5 Å². The van der Waals surface area contributed by atoms with Crippen LogP contribution in [0.1, 0.15) is 24.3 Å². The van der Waals surface area contributed by atoms with Crippen LogP contribution >= 0.6 is 39.1 Å². The molecule has 1 saturated carbocycles. The first-order chi connectivity index (χ1) is 20.1. The number of methoxy groups -OCH3 is 1. The van der Waals surface area contributed by atoms with Gasteiger partial charge in [-0.25, -0.2) is 26.9 Å². The summed E-state index contributed by atoms with van der Waals surface area (Å²) in [5.41, 5.74) is -1.88. The lowest BCUT2D eigenvalue weighted by Gasteiger charge is -2.50. The van der Waals surface area contributed by atoms with Crippen molar-refractivity contribution >= 4 is 68.4 Å². The molecule has 0 spiro atoms. The number of carbonyl (C=O) groups is 4. The largest absolute Gasteiger partial charge is 0.504 e. The molecule has 0 aromatic heterocycles. The number of ether oxygens (including phenoxy) is 1. The van der Waals surface area contributed by atoms with Crippen LogP contribution in [0.4, 0.5) is 27.6 Å². The summed E-state index contributed by atoms with van der Waals surface area (Å²) in [6, 6.07) is 2.66. The lowest BCUT2D eigenvalue weighted by molar-refractivity contribution is -0.127. The van der Waals surface area contributed by atoms with Gasteiger partial charge in [0.15, 0.2) is 44.5 Å². The van der Waals surface area contributed by atoms with E-state index in [2.05, 4.69) is 21.2 Å². The zero-order chi connectivity index (χ0) is 31.5. The normalized spacial score (nSPS) is 31.5. The number of nitrogens with one attached hydrogen (secondary N) is 1. The molecule has 226 valence electrons. The van der Waals surface area contributed by atoms with Crippen LogP contribution in [0.25, 0.3) is 0 Å². The Bertz CT molecular complexity index is 1710. The number of phenols is 1. The third-order valence-corrected chi connectivity index (χ3v) is 10.5. The van der Waals surface area contributed by atoms with Gasteiger partial charge in [0.2, 0.25) is 17.6 Å². The number of anilines is 1. The molecule has 2 aliphatic heterocycles. The molecule has 2 aromatic rings. The van der Waals surface area contributed by atoms with Gasteiger partial charge in [-0.15, -0.1) is 23.2 Å². The summed E-state index contributed by atoms with van der Waals surface area (Å²) in [6.07, 6.45) is 0.827. The number of benzene rings is 2. The van der Waals surface area contributed by atoms with Crippen LogP contribution < -0.4 is 15.0 Å². The second kappa shape index (κ2) is 9.63. The molecule has 2 saturated heterocycles. The van der Waals surface area contributed by atoms with E-state index in [-0.39, 0.29) is 32.7 Å². The van der Waals surface area contributed by atoms with Crippen LogP contribution in [0.15, 0.2) is 28.3 Å². The van der Waals surface area contributed by atoms with Crippen molar-refractivity contribution in [2.75, 3.05) is 12.0 Å². The number of alkyl halides is 2. The predicted molar refractivity (Wildman–Crippen MR) is 142 cm³/mol. The van der Waals surface area contributed by atoms with Crippen LogP contribution in [0.2, 0.25) is 0 Å². The van der Waals surface area contributed by atoms with Gasteiger partial charge in [-0.2, -0.15) is 0 Å². The van der Waals surface area contributed by atoms with Crippen LogP contribution in [0.3, 0.4) is 0 Å². The van der Waals surface area contributed by atoms with Gasteiger partial charge in [-0.3, -0.25) is 24.5 Å². The van der Waals surface area contributed by atoms with Crippen molar-refractivity contribution in [3.05, 3.63) is 62.9 Å². The number of imide groups is 2. The summed E-state index contributed by atoms with van der Waals surface area (Å²) in [7, 11) is 1.21. The molecular formula is C27H16BrCl2F5N2O6. The Labute approximate surface area is 256 Å². The fourth-order valence-electron chi connectivity index (χ4n) is 6.79. The minimum absolute atomic E-state index is 0.0256. The van der Waals surface area contributed by atoms with E-state index in [1.807, 2.05) is 0 Å². The summed E-state index contributed by atoms with van der Waals surface area (Å²) in [6.45, 7) is 0. The molecule has 6 atom stereocenters. The van der Waals surface area contributed by atoms with Gasteiger partial charge in [0.25, 0.3) is 11.8 Å². The van der Waals surface area contributed by atoms with Crippen molar-refractivity contribution in [3.63, 3.8) is 0 Å². The zero-order valence-electron chi connectivity index (χ0n) is 21.4. The number of rotatable bonds is 3. The number of aromatic hydroxyl groups is 1. The summed E-state index contributed by atoms with van der Waals surface area (Å²) in [5.74, 6) is -22.4. The molecule has 6 rings (SSSR count). The molecule has 6 unspecified atom stereocenters. The van der Waals surface area contributed by atoms with E-state index in [0.29, 0.717) is 0 Å². The Balaban J connectivity index is 1.65. The van der Waals surface area contributed by atoms with Crippen LogP contribution in [-0.4, -0.2) is 45.6 Å². The molecule has 2 heterocycles. The van der Waals surface area contributed by atoms with Crippen molar-refractivity contribution in [1.29, 1.82) is 0 Å². The molecular weight excluding hydrogens is 694 g/mol. The van der Waals surface area contributed by atoms with E-state index in [1.165, 1.54) is 25.3 Å². The molecule has 0 bridgehead atoms. The first kappa shape index (κ1) is 29.8. The fraction of sp³-hybridized carbons (Fsp3) is 0.333. The molecule has 0 radical (unpaired) electrons. The summed E-state index contributed by atoms with van der Waals surface area (Å²) in [5, 5.41) is 13.4. The number of hydrogen-bond donors (Lipinski definition) is 2. The van der Waals surface area contributed by atoms with E-state index in [9.17, 15) is 37.5 Å². The maximum atomic E-state index is 15.0. The highest BCUT2D eigenvalue weighted by atomic mass is 79.9. The number of fused-ring (bicyclic) bond motifs is 4. The van der Waals surface area contributed by atoms with Crippen LogP contribution in [0, 0.1) is 46.8 Å². The second-order valence-electron chi connectivity index (χ2n) is 10.6. The Kier molecular flexibility index (Phi) is 6.68. The lowest BCUT2D eigenvalue weighted by atomic mass is 9.56. The molecule has 43 heavy (non-hydrogen) atoms. The third kappa shape index (κ3) is 3.65. The van der Waals surface area contributed by atoms with Crippen LogP contribution in [0.5, 0.6) is 11.5 Å². The van der Waals surface area contributed by atoms with E-state index in [4.69, 9.17) is 27.9 Å². The van der Waals surface area contributed by atoms with Crippen molar-refractivity contribution < 1.29 is 51.0 Å².